The highest BCUT2D eigenvalue weighted by atomic mass is 35.5. The Labute approximate surface area is 223 Å². The summed E-state index contributed by atoms with van der Waals surface area (Å²) >= 11 is 13.3. The number of rotatable bonds is 6. The number of piperazine rings is 1. The van der Waals surface area contributed by atoms with Crippen molar-refractivity contribution in [3.8, 4) is 0 Å². The smallest absolute Gasteiger partial charge is 0.322 e. The molecule has 4 rings (SSSR count). The molecule has 0 saturated carbocycles. The zero-order valence-electron chi connectivity index (χ0n) is 19.9. The highest BCUT2D eigenvalue weighted by Crippen LogP contribution is 2.26. The molecule has 0 spiro atoms. The topological polar surface area (TPSA) is 68.8 Å². The minimum atomic E-state index is -0.310. The number of urea groups is 1. The summed E-state index contributed by atoms with van der Waals surface area (Å²) in [4.78, 5) is 35.8. The number of halogens is 3. The third-order valence-electron chi connectivity index (χ3n) is 5.89. The number of aromatic nitrogens is 1. The quantitative estimate of drug-likeness (QED) is 0.409. The van der Waals surface area contributed by atoms with Crippen molar-refractivity contribution in [3.63, 3.8) is 0 Å². The molecule has 1 aliphatic rings. The molecule has 1 saturated heterocycles. The molecular weight excluding hydrogens is 524 g/mol. The summed E-state index contributed by atoms with van der Waals surface area (Å²) in [6, 6.07) is 11.1. The fourth-order valence-corrected chi connectivity index (χ4v) is 4.97. The van der Waals surface area contributed by atoms with E-state index in [2.05, 4.69) is 10.3 Å². The Morgan fingerprint density at radius 3 is 2.50 bits per heavy atom. The normalized spacial score (nSPS) is 13.7. The first-order valence-electron chi connectivity index (χ1n) is 11.5. The lowest BCUT2D eigenvalue weighted by Gasteiger charge is -2.35. The van der Waals surface area contributed by atoms with Gasteiger partial charge in [0.25, 0.3) is 5.91 Å². The van der Waals surface area contributed by atoms with Crippen molar-refractivity contribution in [2.75, 3.05) is 36.4 Å². The van der Waals surface area contributed by atoms with Crippen LogP contribution in [0.1, 0.15) is 29.3 Å². The van der Waals surface area contributed by atoms with Crippen LogP contribution in [0.3, 0.4) is 0 Å². The van der Waals surface area contributed by atoms with Crippen LogP contribution in [-0.4, -0.2) is 58.9 Å². The number of anilines is 2. The standard InChI is InChI=1S/C25H26Cl2FN5O2S/c1-16(2)33(25(35)29-17-7-8-18(26)19(27)13-17)14-23-30-21(15-36-23)24(34)32-11-9-31(10-12-32)22-6-4-3-5-20(22)28/h3-8,13,15-16H,9-12,14H2,1-2H3,(H,29,35). The molecule has 7 nitrogen and oxygen atoms in total. The van der Waals surface area contributed by atoms with Gasteiger partial charge < -0.3 is 20.0 Å². The van der Waals surface area contributed by atoms with Gasteiger partial charge in [-0.2, -0.15) is 0 Å². The Hall–Kier alpha value is -2.88. The summed E-state index contributed by atoms with van der Waals surface area (Å²) in [6.45, 7) is 6.10. The van der Waals surface area contributed by atoms with Gasteiger partial charge in [-0.1, -0.05) is 35.3 Å². The molecule has 11 heteroatoms. The fraction of sp³-hybridized carbons (Fsp3) is 0.320. The number of nitrogens with zero attached hydrogens (tertiary/aromatic N) is 4. The summed E-state index contributed by atoms with van der Waals surface area (Å²) in [5, 5.41) is 5.96. The van der Waals surface area contributed by atoms with E-state index < -0.39 is 0 Å². The lowest BCUT2D eigenvalue weighted by atomic mass is 10.2. The van der Waals surface area contributed by atoms with E-state index >= 15 is 0 Å². The number of hydrogen-bond donors (Lipinski definition) is 1. The lowest BCUT2D eigenvalue weighted by Crippen LogP contribution is -2.49. The van der Waals surface area contributed by atoms with Gasteiger partial charge in [-0.05, 0) is 44.2 Å². The fourth-order valence-electron chi connectivity index (χ4n) is 3.91. The van der Waals surface area contributed by atoms with Crippen LogP contribution in [0, 0.1) is 5.82 Å². The van der Waals surface area contributed by atoms with E-state index in [1.807, 2.05) is 18.7 Å². The zero-order chi connectivity index (χ0) is 25.8. The van der Waals surface area contributed by atoms with Crippen molar-refractivity contribution >= 4 is 57.9 Å². The first-order valence-corrected chi connectivity index (χ1v) is 13.1. The maximum Gasteiger partial charge on any atom is 0.322 e. The molecule has 3 amide bonds. The van der Waals surface area contributed by atoms with Gasteiger partial charge in [-0.25, -0.2) is 14.2 Å². The van der Waals surface area contributed by atoms with E-state index in [-0.39, 0.29) is 30.3 Å². The van der Waals surface area contributed by atoms with Crippen LogP contribution in [0.15, 0.2) is 47.8 Å². The Morgan fingerprint density at radius 1 is 1.11 bits per heavy atom. The van der Waals surface area contributed by atoms with Crippen LogP contribution in [0.4, 0.5) is 20.6 Å². The number of carbonyl (C=O) groups excluding carboxylic acids is 2. The van der Waals surface area contributed by atoms with Gasteiger partial charge in [-0.15, -0.1) is 11.3 Å². The van der Waals surface area contributed by atoms with Gasteiger partial charge in [0.2, 0.25) is 0 Å². The molecule has 0 bridgehead atoms. The summed E-state index contributed by atoms with van der Waals surface area (Å²) < 4.78 is 14.1. The zero-order valence-corrected chi connectivity index (χ0v) is 22.2. The SMILES string of the molecule is CC(C)N(Cc1nc(C(=O)N2CCN(c3ccccc3F)CC2)cs1)C(=O)Nc1ccc(Cl)c(Cl)c1. The molecule has 1 fully saturated rings. The van der Waals surface area contributed by atoms with Crippen LogP contribution in [0.2, 0.25) is 10.0 Å². The lowest BCUT2D eigenvalue weighted by molar-refractivity contribution is 0.0741. The molecule has 3 aromatic rings. The van der Waals surface area contributed by atoms with E-state index in [0.717, 1.165) is 0 Å². The second kappa shape index (κ2) is 11.5. The van der Waals surface area contributed by atoms with Gasteiger partial charge in [0, 0.05) is 43.3 Å². The second-order valence-corrected chi connectivity index (χ2v) is 10.4. The molecule has 0 unspecified atom stereocenters. The summed E-state index contributed by atoms with van der Waals surface area (Å²) in [7, 11) is 0. The Balaban J connectivity index is 1.37. The number of amides is 3. The summed E-state index contributed by atoms with van der Waals surface area (Å²) in [5.74, 6) is -0.429. The van der Waals surface area contributed by atoms with E-state index in [1.54, 1.807) is 51.6 Å². The number of thiazole rings is 1. The van der Waals surface area contributed by atoms with Gasteiger partial charge in [0.05, 0.1) is 22.3 Å². The van der Waals surface area contributed by atoms with Crippen molar-refractivity contribution in [2.45, 2.75) is 26.4 Å². The largest absolute Gasteiger partial charge is 0.366 e. The van der Waals surface area contributed by atoms with E-state index in [1.165, 1.54) is 17.4 Å². The van der Waals surface area contributed by atoms with Crippen LogP contribution in [0.5, 0.6) is 0 Å². The summed E-state index contributed by atoms with van der Waals surface area (Å²) in [6.07, 6.45) is 0. The Kier molecular flexibility index (Phi) is 8.33. The highest BCUT2D eigenvalue weighted by Gasteiger charge is 2.26. The molecule has 36 heavy (non-hydrogen) atoms. The number of carbonyl (C=O) groups is 2. The van der Waals surface area contributed by atoms with Gasteiger partial charge >= 0.3 is 6.03 Å². The molecule has 0 radical (unpaired) electrons. The minimum Gasteiger partial charge on any atom is -0.366 e. The third kappa shape index (κ3) is 6.08. The molecule has 1 N–H and O–H groups in total. The van der Waals surface area contributed by atoms with Crippen molar-refractivity contribution < 1.29 is 14.0 Å². The second-order valence-electron chi connectivity index (χ2n) is 8.64. The highest BCUT2D eigenvalue weighted by molar-refractivity contribution is 7.09. The molecule has 190 valence electrons. The van der Waals surface area contributed by atoms with Gasteiger partial charge in [0.1, 0.15) is 16.5 Å². The number of nitrogens with one attached hydrogen (secondary N) is 1. The van der Waals surface area contributed by atoms with Crippen molar-refractivity contribution in [3.05, 3.63) is 74.4 Å². The van der Waals surface area contributed by atoms with Crippen LogP contribution >= 0.6 is 34.5 Å². The first kappa shape index (κ1) is 26.2. The molecule has 0 aliphatic carbocycles. The molecule has 0 atom stereocenters. The molecule has 2 aromatic carbocycles. The molecule has 2 heterocycles. The predicted molar refractivity (Wildman–Crippen MR) is 143 cm³/mol. The van der Waals surface area contributed by atoms with E-state index in [0.29, 0.717) is 58.3 Å². The van der Waals surface area contributed by atoms with Crippen molar-refractivity contribution in [1.29, 1.82) is 0 Å². The molecular formula is C25H26Cl2FN5O2S. The number of hydrogen-bond acceptors (Lipinski definition) is 5. The van der Waals surface area contributed by atoms with Crippen molar-refractivity contribution in [1.82, 2.24) is 14.8 Å². The van der Waals surface area contributed by atoms with Crippen molar-refractivity contribution in [2.24, 2.45) is 0 Å². The first-order chi connectivity index (χ1) is 17.2. The molecule has 1 aromatic heterocycles. The van der Waals surface area contributed by atoms with Crippen LogP contribution in [0.25, 0.3) is 0 Å². The van der Waals surface area contributed by atoms with E-state index in [4.69, 9.17) is 23.2 Å². The average Bonchev–Trinajstić information content (AvgIpc) is 3.33. The van der Waals surface area contributed by atoms with Gasteiger partial charge in [-0.3, -0.25) is 4.79 Å². The maximum atomic E-state index is 14.1. The third-order valence-corrected chi connectivity index (χ3v) is 7.46. The number of para-hydroxylation sites is 1. The van der Waals surface area contributed by atoms with Crippen LogP contribution < -0.4 is 10.2 Å². The minimum absolute atomic E-state index is 0.109. The maximum absolute atomic E-state index is 14.1. The van der Waals surface area contributed by atoms with Crippen LogP contribution in [-0.2, 0) is 6.54 Å². The average molecular weight is 550 g/mol. The van der Waals surface area contributed by atoms with E-state index in [9.17, 15) is 14.0 Å². The monoisotopic (exact) mass is 549 g/mol. The predicted octanol–water partition coefficient (Wildman–Crippen LogP) is 5.99. The Bertz CT molecular complexity index is 1250. The Morgan fingerprint density at radius 2 is 1.83 bits per heavy atom. The summed E-state index contributed by atoms with van der Waals surface area (Å²) in [5.41, 5.74) is 1.43. The molecule has 1 aliphatic heterocycles. The number of benzene rings is 2. The van der Waals surface area contributed by atoms with Gasteiger partial charge in [0.15, 0.2) is 0 Å².